The Balaban J connectivity index is 2.28. The summed E-state index contributed by atoms with van der Waals surface area (Å²) in [6.45, 7) is 0.174. The molecule has 0 saturated carbocycles. The molecule has 4 nitrogen and oxygen atoms in total. The van der Waals surface area contributed by atoms with E-state index in [-0.39, 0.29) is 17.3 Å². The number of sulfone groups is 1. The van der Waals surface area contributed by atoms with Gasteiger partial charge in [-0.1, -0.05) is 17.7 Å². The minimum absolute atomic E-state index is 0.0844. The van der Waals surface area contributed by atoms with Gasteiger partial charge in [0.15, 0.2) is 9.84 Å². The van der Waals surface area contributed by atoms with Gasteiger partial charge in [0.2, 0.25) is 5.91 Å². The largest absolute Gasteiger partial charge is 0.355 e. The van der Waals surface area contributed by atoms with Gasteiger partial charge < -0.3 is 5.32 Å². The molecule has 1 aliphatic heterocycles. The fraction of sp³-hybridized carbons (Fsp3) is 0.417. The molecular formula is C12H14ClNO3S. The molecule has 1 fully saturated rings. The Labute approximate surface area is 111 Å². The normalized spacial score (nSPS) is 21.2. The van der Waals surface area contributed by atoms with E-state index < -0.39 is 15.1 Å². The highest BCUT2D eigenvalue weighted by molar-refractivity contribution is 7.92. The van der Waals surface area contributed by atoms with Crippen LogP contribution in [0, 0.1) is 0 Å². The first-order chi connectivity index (χ1) is 8.50. The molecule has 1 saturated heterocycles. The third-order valence-electron chi connectivity index (χ3n) is 3.02. The van der Waals surface area contributed by atoms with Crippen molar-refractivity contribution in [1.82, 2.24) is 5.32 Å². The summed E-state index contributed by atoms with van der Waals surface area (Å²) < 4.78 is 24.8. The smallest absolute Gasteiger partial charge is 0.220 e. The van der Waals surface area contributed by atoms with Crippen molar-refractivity contribution in [2.45, 2.75) is 29.4 Å². The molecule has 1 unspecified atom stereocenters. The van der Waals surface area contributed by atoms with E-state index >= 15 is 0 Å². The Hall–Kier alpha value is -1.07. The minimum atomic E-state index is -3.43. The maximum absolute atomic E-state index is 12.4. The van der Waals surface area contributed by atoms with Gasteiger partial charge in [0, 0.05) is 18.0 Å². The lowest BCUT2D eigenvalue weighted by Crippen LogP contribution is -2.33. The molecule has 1 aliphatic rings. The third-order valence-corrected chi connectivity index (χ3v) is 5.45. The summed E-state index contributed by atoms with van der Waals surface area (Å²) in [6, 6.07) is 6.23. The van der Waals surface area contributed by atoms with E-state index in [0.29, 0.717) is 24.3 Å². The highest BCUT2D eigenvalue weighted by Crippen LogP contribution is 2.23. The average molecular weight is 288 g/mol. The number of hydrogen-bond donors (Lipinski definition) is 1. The number of carbonyl (C=O) groups excluding carboxylic acids is 1. The molecule has 6 heteroatoms. The standard InChI is InChI=1S/C12H14ClNO3S/c13-9-3-1-4-10(7-9)18(16,17)11-5-2-6-12(15)14-8-11/h1,3-4,7,11H,2,5-6,8H2,(H,14,15). The third kappa shape index (κ3) is 2.84. The lowest BCUT2D eigenvalue weighted by Gasteiger charge is -2.15. The van der Waals surface area contributed by atoms with Crippen LogP contribution < -0.4 is 5.32 Å². The van der Waals surface area contributed by atoms with Gasteiger partial charge in [-0.15, -0.1) is 0 Å². The highest BCUT2D eigenvalue weighted by Gasteiger charge is 2.29. The van der Waals surface area contributed by atoms with Crippen LogP contribution in [-0.2, 0) is 14.6 Å². The van der Waals surface area contributed by atoms with E-state index in [1.165, 1.54) is 12.1 Å². The van der Waals surface area contributed by atoms with Crippen molar-refractivity contribution in [3.63, 3.8) is 0 Å². The summed E-state index contributed by atoms with van der Waals surface area (Å²) in [7, 11) is -3.43. The average Bonchev–Trinajstić information content (AvgIpc) is 2.54. The summed E-state index contributed by atoms with van der Waals surface area (Å²) in [5.41, 5.74) is 0. The molecule has 1 aromatic rings. The van der Waals surface area contributed by atoms with Crippen molar-refractivity contribution >= 4 is 27.3 Å². The molecule has 18 heavy (non-hydrogen) atoms. The Morgan fingerprint density at radius 2 is 2.11 bits per heavy atom. The molecule has 1 heterocycles. The molecule has 0 aliphatic carbocycles. The van der Waals surface area contributed by atoms with Crippen molar-refractivity contribution in [2.75, 3.05) is 6.54 Å². The van der Waals surface area contributed by atoms with Crippen LogP contribution in [0.5, 0.6) is 0 Å². The predicted octanol–water partition coefficient (Wildman–Crippen LogP) is 1.78. The molecule has 1 N–H and O–H groups in total. The summed E-state index contributed by atoms with van der Waals surface area (Å²) in [5.74, 6) is -0.0844. The van der Waals surface area contributed by atoms with Gasteiger partial charge in [-0.05, 0) is 31.0 Å². The zero-order valence-electron chi connectivity index (χ0n) is 9.73. The van der Waals surface area contributed by atoms with Crippen LogP contribution in [-0.4, -0.2) is 26.1 Å². The number of hydrogen-bond acceptors (Lipinski definition) is 3. The zero-order valence-corrected chi connectivity index (χ0v) is 11.3. The second kappa shape index (κ2) is 5.28. The SMILES string of the molecule is O=C1CCCC(S(=O)(=O)c2cccc(Cl)c2)CN1. The molecule has 0 spiro atoms. The summed E-state index contributed by atoms with van der Waals surface area (Å²) >= 11 is 5.81. The van der Waals surface area contributed by atoms with Gasteiger partial charge in [-0.25, -0.2) is 8.42 Å². The molecule has 1 amide bonds. The first-order valence-corrected chi connectivity index (χ1v) is 7.69. The van der Waals surface area contributed by atoms with Crippen LogP contribution in [0.15, 0.2) is 29.2 Å². The summed E-state index contributed by atoms with van der Waals surface area (Å²) in [6.07, 6.45) is 1.48. The molecular weight excluding hydrogens is 274 g/mol. The van der Waals surface area contributed by atoms with E-state index in [9.17, 15) is 13.2 Å². The van der Waals surface area contributed by atoms with Gasteiger partial charge in [-0.3, -0.25) is 4.79 Å². The molecule has 98 valence electrons. The maximum Gasteiger partial charge on any atom is 0.220 e. The van der Waals surface area contributed by atoms with Crippen molar-refractivity contribution in [1.29, 1.82) is 0 Å². The molecule has 0 aromatic heterocycles. The first-order valence-electron chi connectivity index (χ1n) is 5.76. The Morgan fingerprint density at radius 3 is 2.83 bits per heavy atom. The van der Waals surface area contributed by atoms with Crippen molar-refractivity contribution in [3.05, 3.63) is 29.3 Å². The molecule has 2 rings (SSSR count). The fourth-order valence-electron chi connectivity index (χ4n) is 2.01. The van der Waals surface area contributed by atoms with Crippen molar-refractivity contribution < 1.29 is 13.2 Å². The minimum Gasteiger partial charge on any atom is -0.355 e. The van der Waals surface area contributed by atoms with Crippen LogP contribution in [0.2, 0.25) is 5.02 Å². The maximum atomic E-state index is 12.4. The van der Waals surface area contributed by atoms with Crippen LogP contribution in [0.1, 0.15) is 19.3 Å². The number of nitrogens with one attached hydrogen (secondary N) is 1. The van der Waals surface area contributed by atoms with Gasteiger partial charge in [0.25, 0.3) is 0 Å². The Morgan fingerprint density at radius 1 is 1.33 bits per heavy atom. The van der Waals surface area contributed by atoms with Crippen molar-refractivity contribution in [2.24, 2.45) is 0 Å². The lowest BCUT2D eigenvalue weighted by atomic mass is 10.2. The quantitative estimate of drug-likeness (QED) is 0.902. The van der Waals surface area contributed by atoms with Crippen LogP contribution in [0.4, 0.5) is 0 Å². The number of amides is 1. The van der Waals surface area contributed by atoms with Gasteiger partial charge >= 0.3 is 0 Å². The van der Waals surface area contributed by atoms with Crippen LogP contribution >= 0.6 is 11.6 Å². The second-order valence-electron chi connectivity index (χ2n) is 4.32. The first kappa shape index (κ1) is 13.4. The molecule has 0 bridgehead atoms. The highest BCUT2D eigenvalue weighted by atomic mass is 35.5. The number of rotatable bonds is 2. The number of carbonyl (C=O) groups is 1. The summed E-state index contributed by atoms with van der Waals surface area (Å²) in [5, 5.41) is 2.46. The van der Waals surface area contributed by atoms with Crippen LogP contribution in [0.25, 0.3) is 0 Å². The summed E-state index contributed by atoms with van der Waals surface area (Å²) in [4.78, 5) is 11.4. The molecule has 0 radical (unpaired) electrons. The van der Waals surface area contributed by atoms with Gasteiger partial charge in [-0.2, -0.15) is 0 Å². The molecule has 1 aromatic carbocycles. The van der Waals surface area contributed by atoms with E-state index in [4.69, 9.17) is 11.6 Å². The fourth-order valence-corrected chi connectivity index (χ4v) is 3.99. The monoisotopic (exact) mass is 287 g/mol. The van der Waals surface area contributed by atoms with Gasteiger partial charge in [0.1, 0.15) is 0 Å². The van der Waals surface area contributed by atoms with Gasteiger partial charge in [0.05, 0.1) is 10.1 Å². The van der Waals surface area contributed by atoms with E-state index in [1.54, 1.807) is 12.1 Å². The molecule has 1 atom stereocenters. The van der Waals surface area contributed by atoms with E-state index in [1.807, 2.05) is 0 Å². The zero-order chi connectivity index (χ0) is 13.2. The number of benzene rings is 1. The van der Waals surface area contributed by atoms with Crippen LogP contribution in [0.3, 0.4) is 0 Å². The predicted molar refractivity (Wildman–Crippen MR) is 69.3 cm³/mol. The Kier molecular flexibility index (Phi) is 3.92. The van der Waals surface area contributed by atoms with E-state index in [0.717, 1.165) is 0 Å². The van der Waals surface area contributed by atoms with E-state index in [2.05, 4.69) is 5.32 Å². The topological polar surface area (TPSA) is 63.2 Å². The lowest BCUT2D eigenvalue weighted by molar-refractivity contribution is -0.120. The van der Waals surface area contributed by atoms with Crippen molar-refractivity contribution in [3.8, 4) is 0 Å². The Bertz CT molecular complexity index is 556. The second-order valence-corrected chi connectivity index (χ2v) is 6.99. The number of halogens is 1.